The number of rotatable bonds is 4. The number of nitrogens with one attached hydrogen (secondary N) is 1. The molecule has 2 rings (SSSR count). The van der Waals surface area contributed by atoms with Gasteiger partial charge in [-0.05, 0) is 19.3 Å². The first-order valence-electron chi connectivity index (χ1n) is 7.15. The molecule has 0 aromatic carbocycles. The van der Waals surface area contributed by atoms with E-state index in [-0.39, 0.29) is 11.3 Å². The van der Waals surface area contributed by atoms with E-state index in [9.17, 15) is 4.79 Å². The Morgan fingerprint density at radius 2 is 2.16 bits per heavy atom. The number of aryl methyl sites for hydroxylation is 2. The normalized spacial score (nSPS) is 18.3. The van der Waals surface area contributed by atoms with E-state index in [1.54, 1.807) is 4.68 Å². The Hall–Kier alpha value is -1.36. The molecule has 0 radical (unpaired) electrons. The lowest BCUT2D eigenvalue weighted by molar-refractivity contribution is -0.126. The molecular weight excluding hydrogens is 240 g/mol. The Balaban J connectivity index is 2.14. The van der Waals surface area contributed by atoms with Crippen LogP contribution in [0.1, 0.15) is 44.7 Å². The number of hydrogen-bond acceptors (Lipinski definition) is 3. The summed E-state index contributed by atoms with van der Waals surface area (Å²) in [6.45, 7) is 2.47. The zero-order valence-electron chi connectivity index (χ0n) is 11.9. The molecule has 0 aliphatic heterocycles. The van der Waals surface area contributed by atoms with E-state index >= 15 is 0 Å². The van der Waals surface area contributed by atoms with Gasteiger partial charge in [0.05, 0.1) is 16.8 Å². The summed E-state index contributed by atoms with van der Waals surface area (Å²) in [5.74, 6) is 0.0670. The van der Waals surface area contributed by atoms with Crippen molar-refractivity contribution in [1.82, 2.24) is 9.78 Å². The highest BCUT2D eigenvalue weighted by molar-refractivity contribution is 5.96. The van der Waals surface area contributed by atoms with Gasteiger partial charge in [0.15, 0.2) is 0 Å². The number of nitrogens with zero attached hydrogens (tertiary/aromatic N) is 2. The summed E-state index contributed by atoms with van der Waals surface area (Å²) < 4.78 is 1.74. The molecule has 1 aromatic rings. The fraction of sp³-hybridized carbons (Fsp3) is 0.714. The average Bonchev–Trinajstić information content (AvgIpc) is 2.79. The predicted octanol–water partition coefficient (Wildman–Crippen LogP) is 1.83. The number of hydrogen-bond donors (Lipinski definition) is 2. The Morgan fingerprint density at radius 1 is 1.47 bits per heavy atom. The quantitative estimate of drug-likeness (QED) is 0.871. The number of nitrogens with two attached hydrogens (primary N) is 1. The molecule has 1 fully saturated rings. The van der Waals surface area contributed by atoms with Gasteiger partial charge in [-0.25, -0.2) is 0 Å². The third-order valence-electron chi connectivity index (χ3n) is 4.17. The SMILES string of the molecule is CCc1nn(C)cc1NC(=O)C1(CN)CCCCC1. The Bertz CT molecular complexity index is 446. The van der Waals surface area contributed by atoms with Crippen LogP contribution in [0.15, 0.2) is 6.20 Å². The first-order chi connectivity index (χ1) is 9.11. The molecule has 5 heteroatoms. The van der Waals surface area contributed by atoms with Crippen molar-refractivity contribution in [1.29, 1.82) is 0 Å². The van der Waals surface area contributed by atoms with Crippen LogP contribution in [0.3, 0.4) is 0 Å². The molecule has 1 saturated carbocycles. The van der Waals surface area contributed by atoms with Crippen LogP contribution in [-0.4, -0.2) is 22.2 Å². The molecule has 0 unspecified atom stereocenters. The molecule has 106 valence electrons. The lowest BCUT2D eigenvalue weighted by atomic mass is 9.73. The Kier molecular flexibility index (Phi) is 4.24. The van der Waals surface area contributed by atoms with Crippen LogP contribution in [0.2, 0.25) is 0 Å². The van der Waals surface area contributed by atoms with E-state index in [0.717, 1.165) is 43.5 Å². The average molecular weight is 264 g/mol. The molecule has 0 atom stereocenters. The van der Waals surface area contributed by atoms with Crippen LogP contribution in [0, 0.1) is 5.41 Å². The lowest BCUT2D eigenvalue weighted by Gasteiger charge is -2.34. The van der Waals surface area contributed by atoms with E-state index < -0.39 is 0 Å². The molecule has 1 aromatic heterocycles. The summed E-state index contributed by atoms with van der Waals surface area (Å²) in [5, 5.41) is 7.39. The van der Waals surface area contributed by atoms with Gasteiger partial charge >= 0.3 is 0 Å². The van der Waals surface area contributed by atoms with Gasteiger partial charge in [0, 0.05) is 19.8 Å². The predicted molar refractivity (Wildman–Crippen MR) is 75.8 cm³/mol. The smallest absolute Gasteiger partial charge is 0.231 e. The molecule has 19 heavy (non-hydrogen) atoms. The molecule has 1 amide bonds. The number of aromatic nitrogens is 2. The van der Waals surface area contributed by atoms with Crippen molar-refractivity contribution >= 4 is 11.6 Å². The van der Waals surface area contributed by atoms with E-state index in [2.05, 4.69) is 10.4 Å². The van der Waals surface area contributed by atoms with Crippen molar-refractivity contribution in [3.05, 3.63) is 11.9 Å². The van der Waals surface area contributed by atoms with E-state index in [1.165, 1.54) is 6.42 Å². The van der Waals surface area contributed by atoms with Crippen LogP contribution < -0.4 is 11.1 Å². The first kappa shape index (κ1) is 14.1. The maximum absolute atomic E-state index is 12.6. The van der Waals surface area contributed by atoms with Gasteiger partial charge < -0.3 is 11.1 Å². The van der Waals surface area contributed by atoms with Crippen molar-refractivity contribution in [2.24, 2.45) is 18.2 Å². The van der Waals surface area contributed by atoms with Crippen LogP contribution in [0.5, 0.6) is 0 Å². The van der Waals surface area contributed by atoms with Crippen LogP contribution in [-0.2, 0) is 18.3 Å². The third kappa shape index (κ3) is 2.81. The van der Waals surface area contributed by atoms with Crippen molar-refractivity contribution in [2.45, 2.75) is 45.4 Å². The first-order valence-corrected chi connectivity index (χ1v) is 7.15. The highest BCUT2D eigenvalue weighted by Crippen LogP contribution is 2.36. The van der Waals surface area contributed by atoms with Gasteiger partial charge in [-0.1, -0.05) is 26.2 Å². The summed E-state index contributed by atoms with van der Waals surface area (Å²) in [5.41, 5.74) is 7.27. The Labute approximate surface area is 114 Å². The molecule has 1 aliphatic rings. The minimum absolute atomic E-state index is 0.0670. The largest absolute Gasteiger partial charge is 0.329 e. The van der Waals surface area contributed by atoms with Gasteiger partial charge in [-0.15, -0.1) is 0 Å². The van der Waals surface area contributed by atoms with E-state index in [1.807, 2.05) is 20.2 Å². The summed E-state index contributed by atoms with van der Waals surface area (Å²) >= 11 is 0. The summed E-state index contributed by atoms with van der Waals surface area (Å²) in [6.07, 6.45) is 7.88. The van der Waals surface area contributed by atoms with Crippen molar-refractivity contribution < 1.29 is 4.79 Å². The number of carbonyl (C=O) groups is 1. The van der Waals surface area contributed by atoms with Gasteiger partial charge in [0.1, 0.15) is 0 Å². The van der Waals surface area contributed by atoms with Gasteiger partial charge in [-0.2, -0.15) is 5.10 Å². The second-order valence-electron chi connectivity index (χ2n) is 5.52. The highest BCUT2D eigenvalue weighted by Gasteiger charge is 2.38. The van der Waals surface area contributed by atoms with Crippen LogP contribution in [0.4, 0.5) is 5.69 Å². The molecule has 0 spiro atoms. The molecular formula is C14H24N4O. The molecule has 0 bridgehead atoms. The molecule has 1 aliphatic carbocycles. The highest BCUT2D eigenvalue weighted by atomic mass is 16.2. The molecule has 0 saturated heterocycles. The van der Waals surface area contributed by atoms with E-state index in [0.29, 0.717) is 6.54 Å². The second-order valence-corrected chi connectivity index (χ2v) is 5.52. The third-order valence-corrected chi connectivity index (χ3v) is 4.17. The van der Waals surface area contributed by atoms with Crippen molar-refractivity contribution in [3.63, 3.8) is 0 Å². The number of carbonyl (C=O) groups excluding carboxylic acids is 1. The fourth-order valence-electron chi connectivity index (χ4n) is 2.91. The summed E-state index contributed by atoms with van der Waals surface area (Å²) in [6, 6.07) is 0. The van der Waals surface area contributed by atoms with E-state index in [4.69, 9.17) is 5.73 Å². The van der Waals surface area contributed by atoms with Gasteiger partial charge in [0.2, 0.25) is 5.91 Å². The van der Waals surface area contributed by atoms with Crippen molar-refractivity contribution in [2.75, 3.05) is 11.9 Å². The lowest BCUT2D eigenvalue weighted by Crippen LogP contribution is -2.43. The maximum atomic E-state index is 12.6. The number of amides is 1. The van der Waals surface area contributed by atoms with Crippen LogP contribution >= 0.6 is 0 Å². The second kappa shape index (κ2) is 5.74. The molecule has 3 N–H and O–H groups in total. The van der Waals surface area contributed by atoms with Gasteiger partial charge in [-0.3, -0.25) is 9.48 Å². The van der Waals surface area contributed by atoms with Crippen LogP contribution in [0.25, 0.3) is 0 Å². The molecule has 1 heterocycles. The zero-order valence-corrected chi connectivity index (χ0v) is 11.9. The summed E-state index contributed by atoms with van der Waals surface area (Å²) in [7, 11) is 1.87. The van der Waals surface area contributed by atoms with Gasteiger partial charge in [0.25, 0.3) is 0 Å². The standard InChI is InChI=1S/C14H24N4O/c1-3-11-12(9-18(2)17-11)16-13(19)14(10-15)7-5-4-6-8-14/h9H,3-8,10,15H2,1-2H3,(H,16,19). The number of anilines is 1. The minimum atomic E-state index is -0.376. The zero-order chi connectivity index (χ0) is 13.9. The molecule has 5 nitrogen and oxygen atoms in total. The maximum Gasteiger partial charge on any atom is 0.231 e. The fourth-order valence-corrected chi connectivity index (χ4v) is 2.91. The monoisotopic (exact) mass is 264 g/mol. The van der Waals surface area contributed by atoms with Crippen molar-refractivity contribution in [3.8, 4) is 0 Å². The minimum Gasteiger partial charge on any atom is -0.329 e. The topological polar surface area (TPSA) is 72.9 Å². The Morgan fingerprint density at radius 3 is 2.74 bits per heavy atom. The summed E-state index contributed by atoms with van der Waals surface area (Å²) in [4.78, 5) is 12.6.